The summed E-state index contributed by atoms with van der Waals surface area (Å²) in [6, 6.07) is 19.6. The first kappa shape index (κ1) is 15.3. The molecule has 0 atom stereocenters. The highest BCUT2D eigenvalue weighted by Crippen LogP contribution is 2.21. The smallest absolute Gasteiger partial charge is 0.350 e. The van der Waals surface area contributed by atoms with E-state index in [9.17, 15) is 4.79 Å². The van der Waals surface area contributed by atoms with E-state index in [0.717, 1.165) is 16.8 Å². The number of hydrogen-bond acceptors (Lipinski definition) is 4. The Hall–Kier alpha value is -3.06. The second-order valence-electron chi connectivity index (χ2n) is 4.48. The van der Waals surface area contributed by atoms with Crippen molar-refractivity contribution in [3.63, 3.8) is 0 Å². The van der Waals surface area contributed by atoms with Crippen LogP contribution in [-0.4, -0.2) is 12.6 Å². The third-order valence-corrected chi connectivity index (χ3v) is 2.99. The number of anilines is 1. The van der Waals surface area contributed by atoms with E-state index in [1.807, 2.05) is 60.7 Å². The van der Waals surface area contributed by atoms with Crippen LogP contribution in [-0.2, 0) is 9.53 Å². The normalized spacial score (nSPS) is 10.6. The van der Waals surface area contributed by atoms with E-state index in [2.05, 4.69) is 5.32 Å². The Morgan fingerprint density at radius 2 is 1.77 bits per heavy atom. The van der Waals surface area contributed by atoms with Gasteiger partial charge in [-0.3, -0.25) is 0 Å². The van der Waals surface area contributed by atoms with Gasteiger partial charge in [0.1, 0.15) is 6.07 Å². The van der Waals surface area contributed by atoms with Crippen molar-refractivity contribution in [3.8, 4) is 17.2 Å². The average molecular weight is 292 g/mol. The van der Waals surface area contributed by atoms with Gasteiger partial charge < -0.3 is 10.1 Å². The monoisotopic (exact) mass is 292 g/mol. The molecule has 0 aliphatic carbocycles. The van der Waals surface area contributed by atoms with Gasteiger partial charge in [-0.05, 0) is 30.2 Å². The lowest BCUT2D eigenvalue weighted by Gasteiger charge is -2.05. The predicted octanol–water partition coefficient (Wildman–Crippen LogP) is 3.74. The second kappa shape index (κ2) is 7.65. The minimum atomic E-state index is -0.626. The Balaban J connectivity index is 2.08. The maximum absolute atomic E-state index is 11.5. The molecule has 0 amide bonds. The van der Waals surface area contributed by atoms with Crippen LogP contribution in [0.4, 0.5) is 5.69 Å². The van der Waals surface area contributed by atoms with Gasteiger partial charge in [-0.15, -0.1) is 0 Å². The lowest BCUT2D eigenvalue weighted by Crippen LogP contribution is -2.07. The summed E-state index contributed by atoms with van der Waals surface area (Å²) in [4.78, 5) is 11.5. The molecule has 0 fully saturated rings. The van der Waals surface area contributed by atoms with Crippen molar-refractivity contribution in [2.45, 2.75) is 6.92 Å². The molecule has 0 heterocycles. The van der Waals surface area contributed by atoms with E-state index >= 15 is 0 Å². The number of rotatable bonds is 5. The number of esters is 1. The van der Waals surface area contributed by atoms with Gasteiger partial charge >= 0.3 is 5.97 Å². The van der Waals surface area contributed by atoms with Crippen LogP contribution >= 0.6 is 0 Å². The molecule has 0 aliphatic heterocycles. The molecule has 0 aromatic heterocycles. The van der Waals surface area contributed by atoms with Crippen molar-refractivity contribution in [1.29, 1.82) is 5.26 Å². The van der Waals surface area contributed by atoms with Crippen LogP contribution in [0.15, 0.2) is 66.4 Å². The fourth-order valence-corrected chi connectivity index (χ4v) is 1.89. The molecule has 0 aliphatic rings. The molecule has 22 heavy (non-hydrogen) atoms. The number of carbonyl (C=O) groups excluding carboxylic acids is 1. The van der Waals surface area contributed by atoms with Crippen LogP contribution in [0.2, 0.25) is 0 Å². The van der Waals surface area contributed by atoms with Crippen LogP contribution in [0.3, 0.4) is 0 Å². The molecule has 4 heteroatoms. The maximum Gasteiger partial charge on any atom is 0.350 e. The molecule has 110 valence electrons. The van der Waals surface area contributed by atoms with Gasteiger partial charge in [0.15, 0.2) is 5.57 Å². The highest BCUT2D eigenvalue weighted by molar-refractivity contribution is 5.93. The average Bonchev–Trinajstić information content (AvgIpc) is 2.57. The lowest BCUT2D eigenvalue weighted by atomic mass is 10.1. The Labute approximate surface area is 129 Å². The maximum atomic E-state index is 11.5. The molecule has 0 saturated heterocycles. The van der Waals surface area contributed by atoms with Crippen molar-refractivity contribution in [2.75, 3.05) is 11.9 Å². The highest BCUT2D eigenvalue weighted by atomic mass is 16.5. The van der Waals surface area contributed by atoms with Crippen LogP contribution in [0.5, 0.6) is 0 Å². The number of carbonyl (C=O) groups is 1. The molecular formula is C18H16N2O2. The van der Waals surface area contributed by atoms with Crippen LogP contribution in [0.1, 0.15) is 6.92 Å². The number of nitriles is 1. The molecule has 2 aromatic carbocycles. The zero-order valence-electron chi connectivity index (χ0n) is 12.2. The predicted molar refractivity (Wildman–Crippen MR) is 85.8 cm³/mol. The Bertz CT molecular complexity index is 698. The van der Waals surface area contributed by atoms with E-state index < -0.39 is 5.97 Å². The van der Waals surface area contributed by atoms with Crippen LogP contribution in [0.25, 0.3) is 11.1 Å². The zero-order chi connectivity index (χ0) is 15.8. The van der Waals surface area contributed by atoms with Crippen molar-refractivity contribution in [2.24, 2.45) is 0 Å². The second-order valence-corrected chi connectivity index (χ2v) is 4.48. The minimum absolute atomic E-state index is 0.0611. The van der Waals surface area contributed by atoms with Crippen molar-refractivity contribution in [3.05, 3.63) is 66.4 Å². The van der Waals surface area contributed by atoms with Crippen molar-refractivity contribution in [1.82, 2.24) is 0 Å². The first-order valence-electron chi connectivity index (χ1n) is 6.94. The molecule has 1 N–H and O–H groups in total. The summed E-state index contributed by atoms with van der Waals surface area (Å²) < 4.78 is 4.79. The van der Waals surface area contributed by atoms with Gasteiger partial charge in [0.25, 0.3) is 0 Å². The first-order valence-corrected chi connectivity index (χ1v) is 6.94. The van der Waals surface area contributed by atoms with Crippen LogP contribution < -0.4 is 5.32 Å². The zero-order valence-corrected chi connectivity index (χ0v) is 12.2. The number of ether oxygens (including phenoxy) is 1. The summed E-state index contributed by atoms with van der Waals surface area (Å²) in [5, 5.41) is 11.9. The summed E-state index contributed by atoms with van der Waals surface area (Å²) in [5.74, 6) is -0.626. The fourth-order valence-electron chi connectivity index (χ4n) is 1.89. The highest BCUT2D eigenvalue weighted by Gasteiger charge is 2.08. The van der Waals surface area contributed by atoms with Gasteiger partial charge in [-0.2, -0.15) is 5.26 Å². The Morgan fingerprint density at radius 3 is 2.36 bits per heavy atom. The van der Waals surface area contributed by atoms with Gasteiger partial charge in [-0.25, -0.2) is 4.79 Å². The Morgan fingerprint density at radius 1 is 1.14 bits per heavy atom. The van der Waals surface area contributed by atoms with Crippen molar-refractivity contribution < 1.29 is 9.53 Å². The third kappa shape index (κ3) is 3.97. The van der Waals surface area contributed by atoms with E-state index in [4.69, 9.17) is 10.00 Å². The molecule has 2 aromatic rings. The molecular weight excluding hydrogens is 276 g/mol. The van der Waals surface area contributed by atoms with Gasteiger partial charge in [0.2, 0.25) is 0 Å². The minimum Gasteiger partial charge on any atom is -0.462 e. The summed E-state index contributed by atoms with van der Waals surface area (Å²) in [6.07, 6.45) is 1.36. The van der Waals surface area contributed by atoms with Crippen LogP contribution in [0, 0.1) is 11.3 Å². The quantitative estimate of drug-likeness (QED) is 0.518. The molecule has 0 bridgehead atoms. The number of benzene rings is 2. The molecule has 0 unspecified atom stereocenters. The Kier molecular flexibility index (Phi) is 5.33. The summed E-state index contributed by atoms with van der Waals surface area (Å²) in [7, 11) is 0. The standard InChI is InChI=1S/C18H16N2O2/c1-2-22-18(21)16(12-19)13-20-17-10-8-15(9-11-17)14-6-4-3-5-7-14/h3-11,13,20H,2H2,1H3/b16-13-. The van der Waals surface area contributed by atoms with Gasteiger partial charge in [0, 0.05) is 11.9 Å². The topological polar surface area (TPSA) is 62.1 Å². The molecule has 0 spiro atoms. The number of nitrogens with one attached hydrogen (secondary N) is 1. The largest absolute Gasteiger partial charge is 0.462 e. The fraction of sp³-hybridized carbons (Fsp3) is 0.111. The summed E-state index contributed by atoms with van der Waals surface area (Å²) in [6.45, 7) is 1.94. The van der Waals surface area contributed by atoms with E-state index in [1.54, 1.807) is 6.92 Å². The third-order valence-electron chi connectivity index (χ3n) is 2.99. The summed E-state index contributed by atoms with van der Waals surface area (Å²) in [5.41, 5.74) is 2.96. The molecule has 0 radical (unpaired) electrons. The van der Waals surface area contributed by atoms with Crippen molar-refractivity contribution >= 4 is 11.7 Å². The lowest BCUT2D eigenvalue weighted by molar-refractivity contribution is -0.138. The first-order chi connectivity index (χ1) is 10.7. The number of nitrogens with zero attached hydrogens (tertiary/aromatic N) is 1. The summed E-state index contributed by atoms with van der Waals surface area (Å²) >= 11 is 0. The van der Waals surface area contributed by atoms with Gasteiger partial charge in [-0.1, -0.05) is 42.5 Å². The van der Waals surface area contributed by atoms with E-state index in [-0.39, 0.29) is 12.2 Å². The molecule has 4 nitrogen and oxygen atoms in total. The molecule has 0 saturated carbocycles. The SMILES string of the molecule is CCOC(=O)/C(C#N)=C\Nc1ccc(-c2ccccc2)cc1. The molecule has 2 rings (SSSR count). The van der Waals surface area contributed by atoms with Gasteiger partial charge in [0.05, 0.1) is 6.61 Å². The number of hydrogen-bond donors (Lipinski definition) is 1. The van der Waals surface area contributed by atoms with E-state index in [0.29, 0.717) is 0 Å². The van der Waals surface area contributed by atoms with E-state index in [1.165, 1.54) is 6.20 Å².